The molecule has 0 aliphatic heterocycles. The number of nitrogens with zero attached hydrogens (tertiary/aromatic N) is 3. The van der Waals surface area contributed by atoms with E-state index in [1.165, 1.54) is 5.52 Å². The molecule has 2 aromatic heterocycles. The van der Waals surface area contributed by atoms with Gasteiger partial charge in [-0.2, -0.15) is 5.10 Å². The molecule has 3 aromatic rings. The van der Waals surface area contributed by atoms with E-state index in [0.717, 1.165) is 36.0 Å². The first-order valence-corrected chi connectivity index (χ1v) is 8.36. The summed E-state index contributed by atoms with van der Waals surface area (Å²) in [4.78, 5) is 12.0. The van der Waals surface area contributed by atoms with E-state index in [1.54, 1.807) is 4.68 Å². The number of carbonyl (C=O) groups excluding carboxylic acids is 1. The zero-order valence-electron chi connectivity index (χ0n) is 14.1. The lowest BCUT2D eigenvalue weighted by Gasteiger charge is -2.03. The predicted octanol–water partition coefficient (Wildman–Crippen LogP) is 2.93. The highest BCUT2D eigenvalue weighted by molar-refractivity contribution is 5.98. The minimum absolute atomic E-state index is 0.320. The van der Waals surface area contributed by atoms with Crippen molar-refractivity contribution in [2.75, 3.05) is 0 Å². The van der Waals surface area contributed by atoms with E-state index in [4.69, 9.17) is 5.84 Å². The number of nitrogen functional groups attached to an aromatic ring is 1. The second-order valence-electron chi connectivity index (χ2n) is 5.86. The van der Waals surface area contributed by atoms with Gasteiger partial charge >= 0.3 is 0 Å². The van der Waals surface area contributed by atoms with Crippen LogP contribution in [0.4, 0.5) is 0 Å². The molecule has 0 radical (unpaired) electrons. The number of aromatic nitrogens is 3. The van der Waals surface area contributed by atoms with Crippen molar-refractivity contribution in [3.63, 3.8) is 0 Å². The maximum atomic E-state index is 12.0. The number of rotatable bonds is 6. The molecule has 1 aromatic carbocycles. The highest BCUT2D eigenvalue weighted by Gasteiger charge is 2.18. The molecule has 1 amide bonds. The molecular formula is C18H23N5O. The van der Waals surface area contributed by atoms with Gasteiger partial charge < -0.3 is 4.57 Å². The molecule has 6 heteroatoms. The van der Waals surface area contributed by atoms with Crippen LogP contribution >= 0.6 is 0 Å². The van der Waals surface area contributed by atoms with Gasteiger partial charge in [-0.1, -0.05) is 32.0 Å². The molecule has 0 aliphatic carbocycles. The fourth-order valence-corrected chi connectivity index (χ4v) is 3.06. The smallest absolute Gasteiger partial charge is 0.283 e. The van der Waals surface area contributed by atoms with Crippen LogP contribution in [0.2, 0.25) is 0 Å². The predicted molar refractivity (Wildman–Crippen MR) is 95.4 cm³/mol. The Morgan fingerprint density at radius 3 is 2.67 bits per heavy atom. The van der Waals surface area contributed by atoms with E-state index >= 15 is 0 Å². The van der Waals surface area contributed by atoms with Crippen LogP contribution in [0.3, 0.4) is 0 Å². The van der Waals surface area contributed by atoms with Crippen LogP contribution in [0.5, 0.6) is 0 Å². The quantitative estimate of drug-likeness (QED) is 0.415. The standard InChI is InChI=1S/C18H23N5O/c1-3-9-22-12-14(13-7-5-6-8-16(13)22)15-11-17(18(24)20-19)23(21-15)10-4-2/h5-8,11-12H,3-4,9-10,19H2,1-2H3,(H,20,24). The van der Waals surface area contributed by atoms with Gasteiger partial charge in [0.2, 0.25) is 0 Å². The van der Waals surface area contributed by atoms with E-state index in [2.05, 4.69) is 47.3 Å². The second kappa shape index (κ2) is 6.88. The number of fused-ring (bicyclic) bond motifs is 1. The van der Waals surface area contributed by atoms with Gasteiger partial charge in [0, 0.05) is 35.8 Å². The molecule has 0 unspecified atom stereocenters. The van der Waals surface area contributed by atoms with Gasteiger partial charge in [-0.25, -0.2) is 5.84 Å². The average Bonchev–Trinajstić information content (AvgIpc) is 3.17. The molecule has 6 nitrogen and oxygen atoms in total. The molecule has 3 rings (SSSR count). The summed E-state index contributed by atoms with van der Waals surface area (Å²) in [5.74, 6) is 4.99. The monoisotopic (exact) mass is 325 g/mol. The average molecular weight is 325 g/mol. The van der Waals surface area contributed by atoms with Crippen molar-refractivity contribution < 1.29 is 4.79 Å². The van der Waals surface area contributed by atoms with Crippen molar-refractivity contribution in [3.8, 4) is 11.3 Å². The first kappa shape index (κ1) is 16.3. The van der Waals surface area contributed by atoms with Crippen LogP contribution in [0.15, 0.2) is 36.5 Å². The summed E-state index contributed by atoms with van der Waals surface area (Å²) < 4.78 is 3.97. The first-order chi connectivity index (χ1) is 11.7. The number of hydrazine groups is 1. The number of nitrogens with two attached hydrogens (primary N) is 1. The second-order valence-corrected chi connectivity index (χ2v) is 5.86. The molecule has 126 valence electrons. The molecule has 3 N–H and O–H groups in total. The van der Waals surface area contributed by atoms with Crippen LogP contribution in [-0.4, -0.2) is 20.3 Å². The van der Waals surface area contributed by atoms with Crippen molar-refractivity contribution in [1.82, 2.24) is 19.8 Å². The summed E-state index contributed by atoms with van der Waals surface area (Å²) in [6.07, 6.45) is 4.07. The summed E-state index contributed by atoms with van der Waals surface area (Å²) in [5, 5.41) is 5.79. The third-order valence-corrected chi connectivity index (χ3v) is 4.11. The molecule has 0 atom stereocenters. The van der Waals surface area contributed by atoms with Gasteiger partial charge in [0.05, 0.1) is 5.69 Å². The van der Waals surface area contributed by atoms with E-state index in [9.17, 15) is 4.79 Å². The highest BCUT2D eigenvalue weighted by Crippen LogP contribution is 2.30. The highest BCUT2D eigenvalue weighted by atomic mass is 16.2. The van der Waals surface area contributed by atoms with Crippen LogP contribution in [0.25, 0.3) is 22.2 Å². The van der Waals surface area contributed by atoms with Crippen LogP contribution < -0.4 is 11.3 Å². The summed E-state index contributed by atoms with van der Waals surface area (Å²) in [5.41, 5.74) is 5.72. The van der Waals surface area contributed by atoms with Crippen LogP contribution in [-0.2, 0) is 13.1 Å². The van der Waals surface area contributed by atoms with Crippen molar-refractivity contribution in [3.05, 3.63) is 42.2 Å². The number of hydrogen-bond acceptors (Lipinski definition) is 3. The number of aryl methyl sites for hydroxylation is 2. The van der Waals surface area contributed by atoms with Crippen molar-refractivity contribution >= 4 is 16.8 Å². The third-order valence-electron chi connectivity index (χ3n) is 4.11. The van der Waals surface area contributed by atoms with Crippen LogP contribution in [0.1, 0.15) is 37.2 Å². The number of benzene rings is 1. The van der Waals surface area contributed by atoms with Gasteiger partial charge in [0.25, 0.3) is 5.91 Å². The summed E-state index contributed by atoms with van der Waals surface area (Å²) in [6, 6.07) is 10.1. The first-order valence-electron chi connectivity index (χ1n) is 8.36. The van der Waals surface area contributed by atoms with Crippen LogP contribution in [0, 0.1) is 0 Å². The molecule has 24 heavy (non-hydrogen) atoms. The Balaban J connectivity index is 2.15. The molecule has 2 heterocycles. The topological polar surface area (TPSA) is 77.9 Å². The lowest BCUT2D eigenvalue weighted by atomic mass is 10.1. The maximum absolute atomic E-state index is 12.0. The fourth-order valence-electron chi connectivity index (χ4n) is 3.06. The fraction of sp³-hybridized carbons (Fsp3) is 0.333. The van der Waals surface area contributed by atoms with E-state index < -0.39 is 0 Å². The molecule has 0 spiro atoms. The SMILES string of the molecule is CCCn1nc(-c2cn(CCC)c3ccccc23)cc1C(=O)NN. The Bertz CT molecular complexity index is 862. The number of carbonyl (C=O) groups is 1. The van der Waals surface area contributed by atoms with E-state index in [-0.39, 0.29) is 5.91 Å². The zero-order chi connectivity index (χ0) is 17.1. The normalized spacial score (nSPS) is 11.1. The summed E-state index contributed by atoms with van der Waals surface area (Å²) in [7, 11) is 0. The molecule has 0 bridgehead atoms. The minimum atomic E-state index is -0.320. The van der Waals surface area contributed by atoms with Gasteiger partial charge in [-0.3, -0.25) is 14.9 Å². The van der Waals surface area contributed by atoms with Gasteiger partial charge in [0.1, 0.15) is 5.69 Å². The largest absolute Gasteiger partial charge is 0.347 e. The molecule has 0 saturated heterocycles. The summed E-state index contributed by atoms with van der Waals surface area (Å²) >= 11 is 0. The molecule has 0 fully saturated rings. The minimum Gasteiger partial charge on any atom is -0.347 e. The Morgan fingerprint density at radius 1 is 1.21 bits per heavy atom. The summed E-state index contributed by atoms with van der Waals surface area (Å²) in [6.45, 7) is 5.84. The Morgan fingerprint density at radius 2 is 1.96 bits per heavy atom. The number of para-hydroxylation sites is 1. The third kappa shape index (κ3) is 2.80. The molecule has 0 saturated carbocycles. The van der Waals surface area contributed by atoms with Crippen molar-refractivity contribution in [2.24, 2.45) is 5.84 Å². The van der Waals surface area contributed by atoms with Crippen molar-refractivity contribution in [2.45, 2.75) is 39.8 Å². The lowest BCUT2D eigenvalue weighted by molar-refractivity contribution is 0.0942. The Kier molecular flexibility index (Phi) is 4.66. The van der Waals surface area contributed by atoms with Gasteiger partial charge in [0.15, 0.2) is 0 Å². The number of hydrogen-bond donors (Lipinski definition) is 2. The Hall–Kier alpha value is -2.60. The number of nitrogens with one attached hydrogen (secondary N) is 1. The van der Waals surface area contributed by atoms with Gasteiger partial charge in [-0.05, 0) is 25.0 Å². The maximum Gasteiger partial charge on any atom is 0.283 e. The Labute approximate surface area is 141 Å². The van der Waals surface area contributed by atoms with Crippen molar-refractivity contribution in [1.29, 1.82) is 0 Å². The lowest BCUT2D eigenvalue weighted by Crippen LogP contribution is -2.32. The zero-order valence-corrected chi connectivity index (χ0v) is 14.1. The van der Waals surface area contributed by atoms with E-state index in [0.29, 0.717) is 12.2 Å². The van der Waals surface area contributed by atoms with Gasteiger partial charge in [-0.15, -0.1) is 0 Å². The van der Waals surface area contributed by atoms with E-state index in [1.807, 2.05) is 18.2 Å². The number of amides is 1. The molecule has 0 aliphatic rings. The molecular weight excluding hydrogens is 302 g/mol.